The summed E-state index contributed by atoms with van der Waals surface area (Å²) in [6.07, 6.45) is 10.7. The molecule has 0 spiro atoms. The predicted molar refractivity (Wildman–Crippen MR) is 137 cm³/mol. The second-order valence-corrected chi connectivity index (χ2v) is 13.1. The number of halogens is 1. The highest BCUT2D eigenvalue weighted by molar-refractivity contribution is 14.1. The molecule has 1 N–H and O–H groups in total. The Kier molecular flexibility index (Phi) is 6.00. The van der Waals surface area contributed by atoms with E-state index in [1.54, 1.807) is 0 Å². The number of ether oxygens (including phenoxy) is 1. The van der Waals surface area contributed by atoms with Crippen molar-refractivity contribution in [3.63, 3.8) is 0 Å². The Labute approximate surface area is 213 Å². The van der Waals surface area contributed by atoms with Crippen molar-refractivity contribution < 1.29 is 14.6 Å². The fourth-order valence-electron chi connectivity index (χ4n) is 9.83. The first-order chi connectivity index (χ1) is 15.7. The lowest BCUT2D eigenvalue weighted by Crippen LogP contribution is -2.64. The molecule has 0 amide bonds. The van der Waals surface area contributed by atoms with E-state index in [4.69, 9.17) is 4.74 Å². The van der Waals surface area contributed by atoms with Crippen LogP contribution in [0.1, 0.15) is 79.1 Å². The lowest BCUT2D eigenvalue weighted by Gasteiger charge is -2.59. The molecule has 10 atom stereocenters. The van der Waals surface area contributed by atoms with Crippen LogP contribution in [0.3, 0.4) is 0 Å². The molecule has 4 bridgehead atoms. The van der Waals surface area contributed by atoms with Crippen LogP contribution in [-0.4, -0.2) is 27.7 Å². The Morgan fingerprint density at radius 1 is 1.36 bits per heavy atom. The van der Waals surface area contributed by atoms with Gasteiger partial charge in [-0.2, -0.15) is 5.26 Å². The number of nitrogens with zero attached hydrogens (tertiary/aromatic N) is 1. The van der Waals surface area contributed by atoms with E-state index in [1.165, 1.54) is 12.8 Å². The van der Waals surface area contributed by atoms with Crippen molar-refractivity contribution in [1.82, 2.24) is 0 Å². The van der Waals surface area contributed by atoms with Crippen LogP contribution in [0.15, 0.2) is 11.6 Å². The van der Waals surface area contributed by atoms with Gasteiger partial charge in [-0.1, -0.05) is 81.2 Å². The van der Waals surface area contributed by atoms with E-state index in [-0.39, 0.29) is 30.0 Å². The number of aliphatic carboxylic acids is 1. The van der Waals surface area contributed by atoms with Gasteiger partial charge in [-0.05, 0) is 67.6 Å². The maximum Gasteiger partial charge on any atom is 0.316 e. The minimum absolute atomic E-state index is 0.0586. The van der Waals surface area contributed by atoms with Gasteiger partial charge in [-0.3, -0.25) is 4.79 Å². The number of unbranched alkanes of at least 4 members (excludes halogenated alkanes) is 1. The zero-order chi connectivity index (χ0) is 23.8. The van der Waals surface area contributed by atoms with Crippen molar-refractivity contribution in [2.24, 2.45) is 51.8 Å². The molecule has 3 saturated carbocycles. The molecular weight excluding hydrogens is 525 g/mol. The molecule has 1 saturated heterocycles. The van der Waals surface area contributed by atoms with Crippen LogP contribution >= 0.6 is 22.6 Å². The summed E-state index contributed by atoms with van der Waals surface area (Å²) in [5.74, 6) is 1.24. The summed E-state index contributed by atoms with van der Waals surface area (Å²) >= 11 is 2.45. The van der Waals surface area contributed by atoms with E-state index in [0.29, 0.717) is 24.2 Å². The molecule has 7 unspecified atom stereocenters. The summed E-state index contributed by atoms with van der Waals surface area (Å²) in [5, 5.41) is 22.1. The van der Waals surface area contributed by atoms with Gasteiger partial charge < -0.3 is 9.84 Å². The summed E-state index contributed by atoms with van der Waals surface area (Å²) in [4.78, 5) is 13.7. The largest absolute Gasteiger partial charge is 0.481 e. The molecule has 0 aromatic carbocycles. The number of carboxylic acid groups (broad SMARTS) is 1. The molecule has 33 heavy (non-hydrogen) atoms. The maximum atomic E-state index is 13.7. The zero-order valence-corrected chi connectivity index (χ0v) is 22.8. The van der Waals surface area contributed by atoms with Crippen molar-refractivity contribution in [3.8, 4) is 6.07 Å². The lowest BCUT2D eigenvalue weighted by atomic mass is 9.41. The molecular formula is C28H40INO3. The average molecular weight is 566 g/mol. The highest BCUT2D eigenvalue weighted by Gasteiger charge is 2.86. The quantitative estimate of drug-likeness (QED) is 0.214. The van der Waals surface area contributed by atoms with Gasteiger partial charge in [0.05, 0.1) is 23.7 Å². The molecule has 4 fully saturated rings. The number of fused-ring (bicyclic) bond motifs is 2. The van der Waals surface area contributed by atoms with Gasteiger partial charge in [0.25, 0.3) is 0 Å². The third-order valence-corrected chi connectivity index (χ3v) is 11.8. The summed E-state index contributed by atoms with van der Waals surface area (Å²) < 4.78 is 7.88. The topological polar surface area (TPSA) is 70.3 Å². The van der Waals surface area contributed by atoms with Gasteiger partial charge in [0.15, 0.2) is 0 Å². The van der Waals surface area contributed by atoms with Crippen molar-refractivity contribution in [3.05, 3.63) is 11.6 Å². The van der Waals surface area contributed by atoms with Crippen molar-refractivity contribution >= 4 is 28.6 Å². The molecule has 0 radical (unpaired) electrons. The van der Waals surface area contributed by atoms with E-state index in [9.17, 15) is 15.2 Å². The number of alkyl halides is 1. The van der Waals surface area contributed by atoms with Crippen molar-refractivity contribution in [2.75, 3.05) is 4.43 Å². The summed E-state index contributed by atoms with van der Waals surface area (Å²) in [5.41, 5.74) is -1.33. The van der Waals surface area contributed by atoms with Crippen molar-refractivity contribution in [1.29, 1.82) is 5.26 Å². The second-order valence-electron chi connectivity index (χ2n) is 12.3. The van der Waals surface area contributed by atoms with Crippen LogP contribution in [0.4, 0.5) is 0 Å². The number of hydrogen-bond acceptors (Lipinski definition) is 3. The van der Waals surface area contributed by atoms with E-state index in [0.717, 1.165) is 42.1 Å². The van der Waals surface area contributed by atoms with Crippen LogP contribution < -0.4 is 0 Å². The second kappa shape index (κ2) is 8.22. The van der Waals surface area contributed by atoms with Crippen LogP contribution in [0.2, 0.25) is 0 Å². The Hall–Kier alpha value is -0.610. The normalized spacial score (nSPS) is 49.8. The number of carbonyl (C=O) groups is 1. The Balaban J connectivity index is 1.69. The fraction of sp³-hybridized carbons (Fsp3) is 0.857. The highest BCUT2D eigenvalue weighted by Crippen LogP contribution is 2.84. The smallest absolute Gasteiger partial charge is 0.316 e. The van der Waals surface area contributed by atoms with Gasteiger partial charge in [0.2, 0.25) is 0 Å². The minimum Gasteiger partial charge on any atom is -0.481 e. The zero-order valence-electron chi connectivity index (χ0n) is 20.6. The van der Waals surface area contributed by atoms with Gasteiger partial charge in [0.1, 0.15) is 5.41 Å². The van der Waals surface area contributed by atoms with Gasteiger partial charge in [0, 0.05) is 9.84 Å². The fourth-order valence-corrected chi connectivity index (χ4v) is 10.8. The van der Waals surface area contributed by atoms with Gasteiger partial charge >= 0.3 is 5.97 Å². The first kappa shape index (κ1) is 24.1. The summed E-state index contributed by atoms with van der Waals surface area (Å²) in [6.45, 7) is 8.85. The number of hydrogen-bond donors (Lipinski definition) is 1. The third kappa shape index (κ3) is 2.74. The Morgan fingerprint density at radius 2 is 2.12 bits per heavy atom. The van der Waals surface area contributed by atoms with Crippen molar-refractivity contribution in [2.45, 2.75) is 91.3 Å². The minimum atomic E-state index is -1.10. The van der Waals surface area contributed by atoms with Crippen LogP contribution in [-0.2, 0) is 9.53 Å². The van der Waals surface area contributed by atoms with Crippen LogP contribution in [0.25, 0.3) is 0 Å². The Bertz CT molecular complexity index is 894. The molecule has 4 aliphatic carbocycles. The summed E-state index contributed by atoms with van der Waals surface area (Å²) in [7, 11) is 0. The average Bonchev–Trinajstić information content (AvgIpc) is 3.50. The standard InChI is InChI=1S/C28H40INO3/c1-5-6-7-18-10-24(33-23(18)14-29)27-13-20-17(4)8-9-21(20)26(15-30)12-19(27)11-22(16(2)3)28(26,27)25(31)32/h11,16-21,23-24H,5-10,12-14H2,1-4H3,(H,31,32)/t17-,18?,19?,20-,21-,23?,24?,26?,27?,28?/m1/s1. The number of rotatable bonds is 7. The number of nitriles is 1. The number of allylic oxidation sites excluding steroid dienone is 1. The van der Waals surface area contributed by atoms with E-state index >= 15 is 0 Å². The van der Waals surface area contributed by atoms with E-state index in [1.807, 2.05) is 0 Å². The number of carboxylic acids is 1. The molecule has 4 nitrogen and oxygen atoms in total. The predicted octanol–water partition coefficient (Wildman–Crippen LogP) is 6.63. The molecule has 1 aliphatic heterocycles. The van der Waals surface area contributed by atoms with Gasteiger partial charge in [-0.15, -0.1) is 0 Å². The molecule has 5 heteroatoms. The molecule has 0 aromatic heterocycles. The van der Waals surface area contributed by atoms with Crippen LogP contribution in [0.5, 0.6) is 0 Å². The van der Waals surface area contributed by atoms with Crippen LogP contribution in [0, 0.1) is 63.1 Å². The Morgan fingerprint density at radius 3 is 2.73 bits per heavy atom. The molecule has 182 valence electrons. The molecule has 1 heterocycles. The van der Waals surface area contributed by atoms with E-state index < -0.39 is 22.2 Å². The summed E-state index contributed by atoms with van der Waals surface area (Å²) in [6, 6.07) is 2.78. The molecule has 0 aromatic rings. The molecule has 5 aliphatic rings. The first-order valence-corrected chi connectivity index (χ1v) is 14.9. The van der Waals surface area contributed by atoms with Gasteiger partial charge in [-0.25, -0.2) is 0 Å². The SMILES string of the molecule is CCCCC1CC(C23C[C@@H]4[C@H](C)CC[C@H]4C4(C#N)CC2C=C(C(C)C)C34C(=O)O)OC1CI. The van der Waals surface area contributed by atoms with E-state index in [2.05, 4.69) is 62.4 Å². The molecule has 5 rings (SSSR count). The highest BCUT2D eigenvalue weighted by atomic mass is 127. The lowest BCUT2D eigenvalue weighted by molar-refractivity contribution is -0.190. The first-order valence-electron chi connectivity index (χ1n) is 13.3. The maximum absolute atomic E-state index is 13.7. The third-order valence-electron chi connectivity index (χ3n) is 11.0. The monoisotopic (exact) mass is 565 g/mol.